The molecule has 16 heavy (non-hydrogen) atoms. The van der Waals surface area contributed by atoms with Gasteiger partial charge in [0, 0.05) is 5.71 Å². The van der Waals surface area contributed by atoms with Crippen molar-refractivity contribution in [2.24, 2.45) is 0 Å². The summed E-state index contributed by atoms with van der Waals surface area (Å²) in [5.41, 5.74) is 1.01. The highest BCUT2D eigenvalue weighted by atomic mass is 14.4. The third kappa shape index (κ3) is 7.90. The average Bonchev–Trinajstić information content (AvgIpc) is 2.29. The van der Waals surface area contributed by atoms with E-state index in [9.17, 15) is 0 Å². The molecule has 0 aromatic carbocycles. The molecule has 0 saturated heterocycles. The molecule has 0 aromatic rings. The summed E-state index contributed by atoms with van der Waals surface area (Å²) in [5, 5.41) is 7.86. The minimum atomic E-state index is 1.01. The van der Waals surface area contributed by atoms with Gasteiger partial charge in [0.1, 0.15) is 0 Å². The Kier molecular flexibility index (Phi) is 8.47. The summed E-state index contributed by atoms with van der Waals surface area (Å²) in [6, 6.07) is 0. The van der Waals surface area contributed by atoms with Crippen LogP contribution in [-0.4, -0.2) is 5.71 Å². The molecule has 1 heteroatoms. The molecular formula is C15H29N. The van der Waals surface area contributed by atoms with E-state index in [0.29, 0.717) is 0 Å². The molecule has 0 aromatic heterocycles. The van der Waals surface area contributed by atoms with Gasteiger partial charge in [-0.15, -0.1) is 0 Å². The maximum atomic E-state index is 7.86. The van der Waals surface area contributed by atoms with E-state index in [0.717, 1.165) is 18.6 Å². The van der Waals surface area contributed by atoms with Crippen molar-refractivity contribution < 1.29 is 0 Å². The lowest BCUT2D eigenvalue weighted by molar-refractivity contribution is 0.548. The fourth-order valence-electron chi connectivity index (χ4n) is 2.57. The first-order chi connectivity index (χ1) is 7.89. The van der Waals surface area contributed by atoms with Crippen molar-refractivity contribution in [2.75, 3.05) is 0 Å². The smallest absolute Gasteiger partial charge is 0.00891 e. The van der Waals surface area contributed by atoms with Gasteiger partial charge in [0.15, 0.2) is 0 Å². The third-order valence-corrected chi connectivity index (χ3v) is 3.71. The number of hydrogen-bond acceptors (Lipinski definition) is 1. The molecule has 1 nitrogen and oxygen atoms in total. The van der Waals surface area contributed by atoms with Crippen LogP contribution < -0.4 is 0 Å². The number of rotatable bonds is 0. The van der Waals surface area contributed by atoms with Crippen molar-refractivity contribution in [3.05, 3.63) is 0 Å². The normalized spacial score (nSPS) is 23.4. The standard InChI is InChI=1S/C15H29N/c16-15-13-11-9-7-5-3-1-2-4-6-8-10-12-14-15/h16H,1-14H2. The van der Waals surface area contributed by atoms with E-state index in [1.165, 1.54) is 77.0 Å². The highest BCUT2D eigenvalue weighted by Crippen LogP contribution is 2.15. The van der Waals surface area contributed by atoms with Crippen LogP contribution in [0.5, 0.6) is 0 Å². The van der Waals surface area contributed by atoms with Gasteiger partial charge in [0.2, 0.25) is 0 Å². The first-order valence-electron chi connectivity index (χ1n) is 7.46. The van der Waals surface area contributed by atoms with Crippen LogP contribution in [0.1, 0.15) is 89.9 Å². The van der Waals surface area contributed by atoms with E-state index in [1.807, 2.05) is 0 Å². The lowest BCUT2D eigenvalue weighted by Gasteiger charge is -2.03. The number of hydrogen-bond donors (Lipinski definition) is 1. The molecule has 0 atom stereocenters. The highest BCUT2D eigenvalue weighted by molar-refractivity contribution is 5.81. The lowest BCUT2D eigenvalue weighted by Crippen LogP contribution is -1.96. The van der Waals surface area contributed by atoms with Crippen LogP contribution in [0.25, 0.3) is 0 Å². The maximum Gasteiger partial charge on any atom is 0.00891 e. The zero-order chi connectivity index (χ0) is 11.5. The average molecular weight is 223 g/mol. The Bertz CT molecular complexity index is 156. The molecular weight excluding hydrogens is 194 g/mol. The van der Waals surface area contributed by atoms with Gasteiger partial charge in [-0.05, 0) is 25.7 Å². The molecule has 0 spiro atoms. The second-order valence-electron chi connectivity index (χ2n) is 5.35. The van der Waals surface area contributed by atoms with E-state index in [2.05, 4.69) is 0 Å². The van der Waals surface area contributed by atoms with Gasteiger partial charge in [0.25, 0.3) is 0 Å². The van der Waals surface area contributed by atoms with Crippen molar-refractivity contribution in [3.63, 3.8) is 0 Å². The van der Waals surface area contributed by atoms with Crippen molar-refractivity contribution in [3.8, 4) is 0 Å². The number of nitrogens with one attached hydrogen (secondary N) is 1. The molecule has 0 aliphatic heterocycles. The summed E-state index contributed by atoms with van der Waals surface area (Å²) < 4.78 is 0. The van der Waals surface area contributed by atoms with E-state index in [-0.39, 0.29) is 0 Å². The predicted octanol–water partition coefficient (Wildman–Crippen LogP) is 5.48. The summed E-state index contributed by atoms with van der Waals surface area (Å²) in [4.78, 5) is 0. The Hall–Kier alpha value is -0.330. The summed E-state index contributed by atoms with van der Waals surface area (Å²) in [7, 11) is 0. The van der Waals surface area contributed by atoms with Crippen molar-refractivity contribution in [2.45, 2.75) is 89.9 Å². The second kappa shape index (κ2) is 9.86. The van der Waals surface area contributed by atoms with Crippen LogP contribution in [0.2, 0.25) is 0 Å². The Morgan fingerprint density at radius 1 is 0.438 bits per heavy atom. The molecule has 1 aliphatic carbocycles. The molecule has 94 valence electrons. The summed E-state index contributed by atoms with van der Waals surface area (Å²) >= 11 is 0. The maximum absolute atomic E-state index is 7.86. The molecule has 0 unspecified atom stereocenters. The molecule has 1 aliphatic rings. The van der Waals surface area contributed by atoms with Gasteiger partial charge in [0.05, 0.1) is 0 Å². The molecule has 0 bridgehead atoms. The van der Waals surface area contributed by atoms with E-state index in [1.54, 1.807) is 0 Å². The van der Waals surface area contributed by atoms with E-state index < -0.39 is 0 Å². The van der Waals surface area contributed by atoms with E-state index >= 15 is 0 Å². The fourth-order valence-corrected chi connectivity index (χ4v) is 2.57. The van der Waals surface area contributed by atoms with Crippen LogP contribution in [0.4, 0.5) is 0 Å². The Morgan fingerprint density at radius 2 is 0.688 bits per heavy atom. The van der Waals surface area contributed by atoms with Gasteiger partial charge in [-0.3, -0.25) is 0 Å². The van der Waals surface area contributed by atoms with Crippen LogP contribution in [0, 0.1) is 5.41 Å². The second-order valence-corrected chi connectivity index (χ2v) is 5.35. The first-order valence-corrected chi connectivity index (χ1v) is 7.46. The zero-order valence-electron chi connectivity index (χ0n) is 10.9. The van der Waals surface area contributed by atoms with Gasteiger partial charge in [-0.25, -0.2) is 0 Å². The van der Waals surface area contributed by atoms with Crippen LogP contribution >= 0.6 is 0 Å². The summed E-state index contributed by atoms with van der Waals surface area (Å²) in [5.74, 6) is 0. The Balaban J connectivity index is 2.13. The predicted molar refractivity (Wildman–Crippen MR) is 72.4 cm³/mol. The fraction of sp³-hybridized carbons (Fsp3) is 0.933. The molecule has 0 amide bonds. The van der Waals surface area contributed by atoms with Crippen LogP contribution in [0.15, 0.2) is 0 Å². The zero-order valence-corrected chi connectivity index (χ0v) is 10.9. The Morgan fingerprint density at radius 3 is 1.00 bits per heavy atom. The molecule has 1 N–H and O–H groups in total. The largest absolute Gasteiger partial charge is 0.310 e. The highest BCUT2D eigenvalue weighted by Gasteiger charge is 2.00. The molecule has 1 rings (SSSR count). The monoisotopic (exact) mass is 223 g/mol. The van der Waals surface area contributed by atoms with Crippen LogP contribution in [-0.2, 0) is 0 Å². The van der Waals surface area contributed by atoms with Gasteiger partial charge >= 0.3 is 0 Å². The topological polar surface area (TPSA) is 23.9 Å². The van der Waals surface area contributed by atoms with Gasteiger partial charge < -0.3 is 5.41 Å². The van der Waals surface area contributed by atoms with E-state index in [4.69, 9.17) is 5.41 Å². The van der Waals surface area contributed by atoms with Crippen molar-refractivity contribution in [1.29, 1.82) is 5.41 Å². The molecule has 1 fully saturated rings. The first kappa shape index (κ1) is 13.7. The Labute approximate surface area is 102 Å². The molecule has 0 radical (unpaired) electrons. The summed E-state index contributed by atoms with van der Waals surface area (Å²) in [6.45, 7) is 0. The van der Waals surface area contributed by atoms with Gasteiger partial charge in [-0.1, -0.05) is 64.2 Å². The minimum Gasteiger partial charge on any atom is -0.310 e. The molecule has 0 heterocycles. The summed E-state index contributed by atoms with van der Waals surface area (Å²) in [6.07, 6.45) is 18.8. The quantitative estimate of drug-likeness (QED) is 0.562. The van der Waals surface area contributed by atoms with Crippen LogP contribution in [0.3, 0.4) is 0 Å². The van der Waals surface area contributed by atoms with Crippen molar-refractivity contribution >= 4 is 5.71 Å². The lowest BCUT2D eigenvalue weighted by atomic mass is 10.0. The SMILES string of the molecule is N=C1CCCCCCCCCCCCCC1. The van der Waals surface area contributed by atoms with Crippen molar-refractivity contribution in [1.82, 2.24) is 0 Å². The van der Waals surface area contributed by atoms with Gasteiger partial charge in [-0.2, -0.15) is 0 Å². The molecule has 1 saturated carbocycles. The minimum absolute atomic E-state index is 1.01. The third-order valence-electron chi connectivity index (χ3n) is 3.71.